The van der Waals surface area contributed by atoms with Crippen LogP contribution in [-0.4, -0.2) is 37.7 Å². The van der Waals surface area contributed by atoms with Crippen LogP contribution in [0.1, 0.15) is 27.3 Å². The van der Waals surface area contributed by atoms with Gasteiger partial charge in [-0.25, -0.2) is 8.42 Å². The molecule has 31 heavy (non-hydrogen) atoms. The van der Waals surface area contributed by atoms with Crippen molar-refractivity contribution in [1.29, 1.82) is 0 Å². The topological polar surface area (TPSA) is 71.4 Å². The number of carbonyl (C=O) groups excluding carboxylic acids is 1. The Bertz CT molecular complexity index is 1230. The number of rotatable bonds is 6. The van der Waals surface area contributed by atoms with Crippen LogP contribution >= 0.6 is 11.6 Å². The molecule has 4 rings (SSSR count). The average molecular weight is 458 g/mol. The fourth-order valence-corrected chi connectivity index (χ4v) is 5.63. The van der Waals surface area contributed by atoms with E-state index in [9.17, 15) is 13.2 Å². The SMILES string of the molecule is Cc1ccc(C)n1-c1ccc(Cl)c(C(=O)NCCS(=O)(=O)N2CCc3ccccc32)c1. The smallest absolute Gasteiger partial charge is 0.252 e. The third kappa shape index (κ3) is 4.20. The van der Waals surface area contributed by atoms with Gasteiger partial charge in [0.2, 0.25) is 10.0 Å². The minimum absolute atomic E-state index is 0.00195. The third-order valence-electron chi connectivity index (χ3n) is 5.55. The molecule has 8 heteroatoms. The number of benzene rings is 2. The maximum absolute atomic E-state index is 12.8. The van der Waals surface area contributed by atoms with Crippen molar-refractivity contribution >= 4 is 33.2 Å². The van der Waals surface area contributed by atoms with E-state index in [4.69, 9.17) is 11.6 Å². The summed E-state index contributed by atoms with van der Waals surface area (Å²) >= 11 is 6.26. The Balaban J connectivity index is 1.45. The minimum Gasteiger partial charge on any atom is -0.351 e. The normalized spacial score (nSPS) is 13.3. The van der Waals surface area contributed by atoms with Gasteiger partial charge >= 0.3 is 0 Å². The monoisotopic (exact) mass is 457 g/mol. The predicted octanol–water partition coefficient (Wildman–Crippen LogP) is 3.87. The maximum Gasteiger partial charge on any atom is 0.252 e. The van der Waals surface area contributed by atoms with Crippen LogP contribution < -0.4 is 9.62 Å². The quantitative estimate of drug-likeness (QED) is 0.610. The summed E-state index contributed by atoms with van der Waals surface area (Å²) in [5.74, 6) is -0.577. The van der Waals surface area contributed by atoms with Crippen LogP contribution in [0.15, 0.2) is 54.6 Å². The van der Waals surface area contributed by atoms with Gasteiger partial charge in [0.15, 0.2) is 0 Å². The lowest BCUT2D eigenvalue weighted by Crippen LogP contribution is -2.37. The number of carbonyl (C=O) groups is 1. The fraction of sp³-hybridized carbons (Fsp3) is 0.261. The number of nitrogens with one attached hydrogen (secondary N) is 1. The first-order valence-corrected chi connectivity index (χ1v) is 12.1. The summed E-state index contributed by atoms with van der Waals surface area (Å²) < 4.78 is 29.1. The second kappa shape index (κ2) is 8.40. The first-order valence-electron chi connectivity index (χ1n) is 10.1. The zero-order chi connectivity index (χ0) is 22.2. The highest BCUT2D eigenvalue weighted by Gasteiger charge is 2.28. The number of para-hydroxylation sites is 1. The lowest BCUT2D eigenvalue weighted by molar-refractivity contribution is 0.0956. The molecular weight excluding hydrogens is 434 g/mol. The highest BCUT2D eigenvalue weighted by atomic mass is 35.5. The molecule has 1 aliphatic rings. The van der Waals surface area contributed by atoms with Gasteiger partial charge < -0.3 is 9.88 Å². The number of anilines is 1. The average Bonchev–Trinajstić information content (AvgIpc) is 3.32. The molecule has 0 atom stereocenters. The largest absolute Gasteiger partial charge is 0.351 e. The molecule has 1 aliphatic heterocycles. The summed E-state index contributed by atoms with van der Waals surface area (Å²) in [6, 6.07) is 16.8. The molecule has 2 heterocycles. The van der Waals surface area contributed by atoms with E-state index < -0.39 is 15.9 Å². The molecule has 2 aromatic carbocycles. The van der Waals surface area contributed by atoms with Crippen molar-refractivity contribution in [3.05, 3.63) is 82.1 Å². The van der Waals surface area contributed by atoms with Gasteiger partial charge in [0.1, 0.15) is 0 Å². The number of hydrogen-bond donors (Lipinski definition) is 1. The van der Waals surface area contributed by atoms with Crippen LogP contribution in [0.4, 0.5) is 5.69 Å². The van der Waals surface area contributed by atoms with E-state index in [0.717, 1.165) is 28.3 Å². The molecule has 0 bridgehead atoms. The molecule has 0 aliphatic carbocycles. The lowest BCUT2D eigenvalue weighted by Gasteiger charge is -2.19. The van der Waals surface area contributed by atoms with Gasteiger partial charge in [-0.2, -0.15) is 0 Å². The highest BCUT2D eigenvalue weighted by molar-refractivity contribution is 7.92. The lowest BCUT2D eigenvalue weighted by atomic mass is 10.1. The predicted molar refractivity (Wildman–Crippen MR) is 124 cm³/mol. The molecular formula is C23H24ClN3O3S. The Kier molecular flexibility index (Phi) is 5.81. The van der Waals surface area contributed by atoms with Gasteiger partial charge in [-0.05, 0) is 62.2 Å². The molecule has 0 fully saturated rings. The summed E-state index contributed by atoms with van der Waals surface area (Å²) in [7, 11) is -3.53. The van der Waals surface area contributed by atoms with E-state index in [2.05, 4.69) is 5.32 Å². The molecule has 0 saturated carbocycles. The van der Waals surface area contributed by atoms with E-state index in [0.29, 0.717) is 23.6 Å². The van der Waals surface area contributed by atoms with Crippen molar-refractivity contribution < 1.29 is 13.2 Å². The van der Waals surface area contributed by atoms with Gasteiger partial charge in [0.05, 0.1) is 22.0 Å². The van der Waals surface area contributed by atoms with Gasteiger partial charge in [-0.15, -0.1) is 0 Å². The molecule has 1 N–H and O–H groups in total. The zero-order valence-corrected chi connectivity index (χ0v) is 19.0. The summed E-state index contributed by atoms with van der Waals surface area (Å²) in [6.07, 6.45) is 0.697. The molecule has 0 saturated heterocycles. The second-order valence-electron chi connectivity index (χ2n) is 7.64. The Hall–Kier alpha value is -2.77. The van der Waals surface area contributed by atoms with Crippen molar-refractivity contribution in [3.8, 4) is 5.69 Å². The molecule has 0 spiro atoms. The standard InChI is InChI=1S/C23H24ClN3O3S/c1-16-7-8-17(2)27(16)19-9-10-21(24)20(15-19)23(28)25-12-14-31(29,30)26-13-11-18-5-3-4-6-22(18)26/h3-10,15H,11-14H2,1-2H3,(H,25,28). The molecule has 1 aromatic heterocycles. The number of amides is 1. The Morgan fingerprint density at radius 2 is 1.77 bits per heavy atom. The number of halogens is 1. The number of hydrogen-bond acceptors (Lipinski definition) is 3. The number of aryl methyl sites for hydroxylation is 2. The van der Waals surface area contributed by atoms with E-state index in [1.165, 1.54) is 4.31 Å². The molecule has 6 nitrogen and oxygen atoms in total. The van der Waals surface area contributed by atoms with Crippen molar-refractivity contribution in [1.82, 2.24) is 9.88 Å². The van der Waals surface area contributed by atoms with Gasteiger partial charge in [-0.1, -0.05) is 29.8 Å². The van der Waals surface area contributed by atoms with Crippen molar-refractivity contribution in [3.63, 3.8) is 0 Å². The number of aromatic nitrogens is 1. The van der Waals surface area contributed by atoms with Crippen molar-refractivity contribution in [2.45, 2.75) is 20.3 Å². The first kappa shape index (κ1) is 21.5. The van der Waals surface area contributed by atoms with Crippen LogP contribution in [0.5, 0.6) is 0 Å². The third-order valence-corrected chi connectivity index (χ3v) is 7.65. The molecule has 162 valence electrons. The zero-order valence-electron chi connectivity index (χ0n) is 17.4. The highest BCUT2D eigenvalue weighted by Crippen LogP contribution is 2.30. The van der Waals surface area contributed by atoms with Crippen LogP contribution in [0, 0.1) is 13.8 Å². The summed E-state index contributed by atoms with van der Waals surface area (Å²) in [4.78, 5) is 12.7. The molecule has 1 amide bonds. The van der Waals surface area contributed by atoms with Gasteiger partial charge in [-0.3, -0.25) is 9.10 Å². The molecule has 0 unspecified atom stereocenters. The van der Waals surface area contributed by atoms with E-state index in [1.54, 1.807) is 12.1 Å². The Labute approximate surface area is 187 Å². The molecule has 3 aromatic rings. The Morgan fingerprint density at radius 3 is 2.52 bits per heavy atom. The van der Waals surface area contributed by atoms with Crippen LogP contribution in [0.2, 0.25) is 5.02 Å². The van der Waals surface area contributed by atoms with E-state index in [-0.39, 0.29) is 12.3 Å². The van der Waals surface area contributed by atoms with Gasteiger partial charge in [0, 0.05) is 30.2 Å². The fourth-order valence-electron chi connectivity index (χ4n) is 4.00. The van der Waals surface area contributed by atoms with Crippen LogP contribution in [-0.2, 0) is 16.4 Å². The summed E-state index contributed by atoms with van der Waals surface area (Å²) in [5, 5.41) is 3.03. The van der Waals surface area contributed by atoms with E-state index >= 15 is 0 Å². The van der Waals surface area contributed by atoms with E-state index in [1.807, 2.05) is 60.9 Å². The van der Waals surface area contributed by atoms with Crippen molar-refractivity contribution in [2.75, 3.05) is 23.1 Å². The molecule has 0 radical (unpaired) electrons. The summed E-state index contributed by atoms with van der Waals surface area (Å²) in [5.41, 5.74) is 4.98. The number of sulfonamides is 1. The Morgan fingerprint density at radius 1 is 1.06 bits per heavy atom. The number of nitrogens with zero attached hydrogens (tertiary/aromatic N) is 2. The number of fused-ring (bicyclic) bond motifs is 1. The van der Waals surface area contributed by atoms with Crippen molar-refractivity contribution in [2.24, 2.45) is 0 Å². The minimum atomic E-state index is -3.53. The first-order chi connectivity index (χ1) is 14.8. The maximum atomic E-state index is 12.8. The second-order valence-corrected chi connectivity index (χ2v) is 10.1. The van der Waals surface area contributed by atoms with Crippen LogP contribution in [0.25, 0.3) is 5.69 Å². The van der Waals surface area contributed by atoms with Gasteiger partial charge in [0.25, 0.3) is 5.91 Å². The summed E-state index contributed by atoms with van der Waals surface area (Å²) in [6.45, 7) is 4.41. The van der Waals surface area contributed by atoms with Crippen LogP contribution in [0.3, 0.4) is 0 Å².